The molecule has 0 aliphatic heterocycles. The van der Waals surface area contributed by atoms with Crippen LogP contribution in [0.25, 0.3) is 0 Å². The van der Waals surface area contributed by atoms with Crippen LogP contribution in [0.15, 0.2) is 36.4 Å². The van der Waals surface area contributed by atoms with Crippen molar-refractivity contribution in [1.82, 2.24) is 4.72 Å². The van der Waals surface area contributed by atoms with E-state index >= 15 is 0 Å². The highest BCUT2D eigenvalue weighted by molar-refractivity contribution is 7.88. The van der Waals surface area contributed by atoms with Crippen molar-refractivity contribution in [3.63, 3.8) is 0 Å². The molecule has 0 fully saturated rings. The first kappa shape index (κ1) is 21.9. The molecular formula is C17H17F2NO6S2. The van der Waals surface area contributed by atoms with E-state index < -0.39 is 35.0 Å². The molecule has 0 amide bonds. The van der Waals surface area contributed by atoms with Gasteiger partial charge in [0.05, 0.1) is 16.7 Å². The molecule has 0 aliphatic rings. The highest BCUT2D eigenvalue weighted by Crippen LogP contribution is 2.19. The van der Waals surface area contributed by atoms with Gasteiger partial charge < -0.3 is 9.47 Å². The fraction of sp³-hybridized carbons (Fsp3) is 0.294. The van der Waals surface area contributed by atoms with Gasteiger partial charge in [-0.2, -0.15) is 8.78 Å². The number of hydrogen-bond acceptors (Lipinski definition) is 7. The normalized spacial score (nSPS) is 11.4. The van der Waals surface area contributed by atoms with E-state index in [9.17, 15) is 26.8 Å². The van der Waals surface area contributed by atoms with E-state index in [0.29, 0.717) is 11.3 Å². The molecule has 1 N–H and O–H groups in total. The smallest absolute Gasteiger partial charge is 0.387 e. The van der Waals surface area contributed by atoms with E-state index in [0.717, 1.165) is 17.2 Å². The average Bonchev–Trinajstić information content (AvgIpc) is 3.07. The molecule has 0 atom stereocenters. The summed E-state index contributed by atoms with van der Waals surface area (Å²) in [7, 11) is -3.28. The Labute approximate surface area is 164 Å². The fourth-order valence-electron chi connectivity index (χ4n) is 2.11. The molecule has 0 saturated carbocycles. The number of esters is 1. The van der Waals surface area contributed by atoms with Gasteiger partial charge in [-0.1, -0.05) is 6.07 Å². The molecule has 0 aliphatic carbocycles. The Bertz CT molecular complexity index is 943. The molecule has 0 spiro atoms. The van der Waals surface area contributed by atoms with Crippen molar-refractivity contribution in [2.75, 3.05) is 19.4 Å². The molecular weight excluding hydrogens is 416 g/mol. The lowest BCUT2D eigenvalue weighted by molar-refractivity contribution is -0.0499. The Morgan fingerprint density at radius 2 is 1.96 bits per heavy atom. The van der Waals surface area contributed by atoms with Gasteiger partial charge >= 0.3 is 12.6 Å². The maximum atomic E-state index is 12.2. The number of rotatable bonds is 10. The lowest BCUT2D eigenvalue weighted by atomic mass is 10.2. The lowest BCUT2D eigenvalue weighted by Gasteiger charge is -2.07. The van der Waals surface area contributed by atoms with E-state index in [4.69, 9.17) is 4.74 Å². The second-order valence-corrected chi connectivity index (χ2v) is 8.59. The standard InChI is InChI=1S/C17H17F2NO6S2/c1-28(23,24)20-8-7-13-5-6-15(27-13)14(21)10-25-16(22)11-3-2-4-12(9-11)26-17(18)19/h2-6,9,17,20H,7-8,10H2,1H3. The highest BCUT2D eigenvalue weighted by Gasteiger charge is 2.15. The number of Topliss-reactive ketones (excluding diaryl/α,β-unsaturated/α-hetero) is 1. The third kappa shape index (κ3) is 7.33. The molecule has 11 heteroatoms. The quantitative estimate of drug-likeness (QED) is 0.457. The van der Waals surface area contributed by atoms with Gasteiger partial charge in [0.1, 0.15) is 5.75 Å². The number of ketones is 1. The van der Waals surface area contributed by atoms with Crippen LogP contribution in [-0.2, 0) is 21.2 Å². The van der Waals surface area contributed by atoms with E-state index in [1.54, 1.807) is 12.1 Å². The Morgan fingerprint density at radius 3 is 2.64 bits per heavy atom. The summed E-state index contributed by atoms with van der Waals surface area (Å²) in [6, 6.07) is 8.31. The third-order valence-electron chi connectivity index (χ3n) is 3.30. The van der Waals surface area contributed by atoms with Gasteiger partial charge in [0.25, 0.3) is 0 Å². The summed E-state index contributed by atoms with van der Waals surface area (Å²) in [5, 5.41) is 0. The van der Waals surface area contributed by atoms with Gasteiger partial charge in [0.2, 0.25) is 15.8 Å². The van der Waals surface area contributed by atoms with Gasteiger partial charge in [0, 0.05) is 11.4 Å². The van der Waals surface area contributed by atoms with Crippen LogP contribution in [0.4, 0.5) is 8.78 Å². The lowest BCUT2D eigenvalue weighted by Crippen LogP contribution is -2.24. The zero-order valence-corrected chi connectivity index (χ0v) is 16.3. The number of halogens is 2. The van der Waals surface area contributed by atoms with Crippen molar-refractivity contribution in [3.8, 4) is 5.75 Å². The van der Waals surface area contributed by atoms with Crippen molar-refractivity contribution in [1.29, 1.82) is 0 Å². The summed E-state index contributed by atoms with van der Waals surface area (Å²) in [5.74, 6) is -1.47. The monoisotopic (exact) mass is 433 g/mol. The van der Waals surface area contributed by atoms with Crippen LogP contribution in [-0.4, -0.2) is 46.2 Å². The molecule has 0 bridgehead atoms. The largest absolute Gasteiger partial charge is 0.454 e. The topological polar surface area (TPSA) is 98.8 Å². The number of carbonyl (C=O) groups excluding carboxylic acids is 2. The molecule has 1 aromatic heterocycles. The van der Waals surface area contributed by atoms with Crippen LogP contribution in [0.5, 0.6) is 5.75 Å². The average molecular weight is 433 g/mol. The number of alkyl halides is 2. The van der Waals surface area contributed by atoms with Crippen molar-refractivity contribution in [2.45, 2.75) is 13.0 Å². The minimum absolute atomic E-state index is 0.0235. The van der Waals surface area contributed by atoms with Crippen LogP contribution in [0.3, 0.4) is 0 Å². The Hall–Kier alpha value is -2.37. The molecule has 1 heterocycles. The minimum atomic E-state index is -3.28. The number of carbonyl (C=O) groups is 2. The Kier molecular flexibility index (Phi) is 7.61. The summed E-state index contributed by atoms with van der Waals surface area (Å²) in [6.07, 6.45) is 1.47. The van der Waals surface area contributed by atoms with Crippen LogP contribution in [0.2, 0.25) is 0 Å². The molecule has 0 saturated heterocycles. The van der Waals surface area contributed by atoms with Crippen LogP contribution < -0.4 is 9.46 Å². The van der Waals surface area contributed by atoms with E-state index in [1.807, 2.05) is 0 Å². The molecule has 1 aromatic carbocycles. The molecule has 152 valence electrons. The number of thiophene rings is 1. The van der Waals surface area contributed by atoms with Gasteiger partial charge in [-0.15, -0.1) is 11.3 Å². The molecule has 0 radical (unpaired) electrons. The number of ether oxygens (including phenoxy) is 2. The fourth-order valence-corrected chi connectivity index (χ4v) is 3.51. The van der Waals surface area contributed by atoms with Crippen LogP contribution in [0.1, 0.15) is 24.9 Å². The van der Waals surface area contributed by atoms with Crippen molar-refractivity contribution in [3.05, 3.63) is 51.7 Å². The first-order valence-corrected chi connectivity index (χ1v) is 10.6. The van der Waals surface area contributed by atoms with E-state index in [-0.39, 0.29) is 17.9 Å². The summed E-state index contributed by atoms with van der Waals surface area (Å²) in [4.78, 5) is 25.3. The minimum Gasteiger partial charge on any atom is -0.454 e. The predicted molar refractivity (Wildman–Crippen MR) is 98.6 cm³/mol. The third-order valence-corrected chi connectivity index (χ3v) is 5.22. The van der Waals surface area contributed by atoms with Crippen molar-refractivity contribution < 1.29 is 36.3 Å². The second kappa shape index (κ2) is 9.71. The summed E-state index contributed by atoms with van der Waals surface area (Å²) in [5.41, 5.74) is -0.0235. The zero-order chi connectivity index (χ0) is 20.7. The molecule has 28 heavy (non-hydrogen) atoms. The number of hydrogen-bond donors (Lipinski definition) is 1. The maximum absolute atomic E-state index is 12.2. The van der Waals surface area contributed by atoms with Gasteiger partial charge in [-0.3, -0.25) is 4.79 Å². The summed E-state index contributed by atoms with van der Waals surface area (Å²) >= 11 is 1.17. The Morgan fingerprint density at radius 1 is 1.21 bits per heavy atom. The summed E-state index contributed by atoms with van der Waals surface area (Å²) in [6.45, 7) is -3.33. The number of nitrogens with one attached hydrogen (secondary N) is 1. The molecule has 2 rings (SSSR count). The molecule has 2 aromatic rings. The van der Waals surface area contributed by atoms with Crippen LogP contribution in [0, 0.1) is 0 Å². The van der Waals surface area contributed by atoms with E-state index in [1.165, 1.54) is 29.5 Å². The van der Waals surface area contributed by atoms with Crippen molar-refractivity contribution in [2.24, 2.45) is 0 Å². The molecule has 0 unspecified atom stereocenters. The SMILES string of the molecule is CS(=O)(=O)NCCc1ccc(C(=O)COC(=O)c2cccc(OC(F)F)c2)s1. The first-order valence-electron chi connectivity index (χ1n) is 7.92. The van der Waals surface area contributed by atoms with Crippen molar-refractivity contribution >= 4 is 33.1 Å². The zero-order valence-electron chi connectivity index (χ0n) is 14.7. The number of benzene rings is 1. The van der Waals surface area contributed by atoms with Gasteiger partial charge in [0.15, 0.2) is 6.61 Å². The highest BCUT2D eigenvalue weighted by atomic mass is 32.2. The van der Waals surface area contributed by atoms with E-state index in [2.05, 4.69) is 9.46 Å². The van der Waals surface area contributed by atoms with Gasteiger partial charge in [-0.25, -0.2) is 17.9 Å². The second-order valence-electron chi connectivity index (χ2n) is 5.59. The summed E-state index contributed by atoms with van der Waals surface area (Å²) < 4.78 is 58.0. The maximum Gasteiger partial charge on any atom is 0.387 e. The Balaban J connectivity index is 1.87. The predicted octanol–water partition coefficient (Wildman–Crippen LogP) is 2.48. The van der Waals surface area contributed by atoms with Gasteiger partial charge in [-0.05, 0) is 36.8 Å². The first-order chi connectivity index (χ1) is 13.1. The van der Waals surface area contributed by atoms with Crippen LogP contribution >= 0.6 is 11.3 Å². The number of sulfonamides is 1. The molecule has 7 nitrogen and oxygen atoms in total.